The molecule has 0 aliphatic heterocycles. The molecule has 144 valence electrons. The zero-order valence-electron chi connectivity index (χ0n) is 14.2. The average molecular weight is 399 g/mol. The van der Waals surface area contributed by atoms with Crippen LogP contribution in [0.15, 0.2) is 52.5 Å². The van der Waals surface area contributed by atoms with Crippen LogP contribution in [0.5, 0.6) is 5.75 Å². The van der Waals surface area contributed by atoms with Crippen LogP contribution in [0, 0.1) is 17.0 Å². The van der Waals surface area contributed by atoms with Crippen LogP contribution in [-0.4, -0.2) is 25.7 Å². The number of alkyl halides is 2. The first-order chi connectivity index (χ1) is 12.6. The van der Waals surface area contributed by atoms with E-state index in [1.807, 2.05) is 4.83 Å². The third kappa shape index (κ3) is 4.97. The number of nitrogens with one attached hydrogen (secondary N) is 1. The van der Waals surface area contributed by atoms with Crippen LogP contribution in [0.4, 0.5) is 14.5 Å². The molecular weight excluding hydrogens is 384 g/mol. The fraction of sp³-hybridized carbons (Fsp3) is 0.188. The largest absolute Gasteiger partial charge is 0.434 e. The van der Waals surface area contributed by atoms with Crippen molar-refractivity contribution in [3.63, 3.8) is 0 Å². The van der Waals surface area contributed by atoms with Gasteiger partial charge in [0, 0.05) is 17.2 Å². The van der Waals surface area contributed by atoms with E-state index in [0.717, 1.165) is 6.07 Å². The molecule has 0 heterocycles. The number of hydrazone groups is 1. The van der Waals surface area contributed by atoms with Crippen LogP contribution in [0.3, 0.4) is 0 Å². The summed E-state index contributed by atoms with van der Waals surface area (Å²) in [6, 6.07) is 9.16. The third-order valence-corrected chi connectivity index (χ3v) is 4.72. The summed E-state index contributed by atoms with van der Waals surface area (Å²) in [6.45, 7) is -0.179. The molecule has 0 aromatic heterocycles. The summed E-state index contributed by atoms with van der Waals surface area (Å²) in [7, 11) is -4.20. The number of rotatable bonds is 7. The van der Waals surface area contributed by atoms with Gasteiger partial charge < -0.3 is 4.74 Å². The van der Waals surface area contributed by atoms with Gasteiger partial charge in [0.1, 0.15) is 5.75 Å². The van der Waals surface area contributed by atoms with Gasteiger partial charge in [0.05, 0.1) is 15.5 Å². The Bertz CT molecular complexity index is 993. The number of nitrogens with zero attached hydrogens (tertiary/aromatic N) is 2. The van der Waals surface area contributed by atoms with Gasteiger partial charge >= 0.3 is 6.61 Å². The van der Waals surface area contributed by atoms with E-state index < -0.39 is 21.6 Å². The van der Waals surface area contributed by atoms with E-state index in [1.165, 1.54) is 44.2 Å². The van der Waals surface area contributed by atoms with Crippen LogP contribution in [-0.2, 0) is 10.0 Å². The Labute approximate surface area is 153 Å². The topological polar surface area (TPSA) is 111 Å². The highest BCUT2D eigenvalue weighted by Gasteiger charge is 2.20. The number of hydrogen-bond donors (Lipinski definition) is 1. The quantitative estimate of drug-likeness (QED) is 0.437. The zero-order valence-corrected chi connectivity index (χ0v) is 15.0. The maximum atomic E-state index is 12.5. The fourth-order valence-electron chi connectivity index (χ4n) is 2.16. The lowest BCUT2D eigenvalue weighted by atomic mass is 10.1. The highest BCUT2D eigenvalue weighted by molar-refractivity contribution is 7.89. The second-order valence-electron chi connectivity index (χ2n) is 5.37. The van der Waals surface area contributed by atoms with Crippen molar-refractivity contribution in [1.82, 2.24) is 4.83 Å². The lowest BCUT2D eigenvalue weighted by molar-refractivity contribution is -0.385. The lowest BCUT2D eigenvalue weighted by Crippen LogP contribution is -2.20. The van der Waals surface area contributed by atoms with Gasteiger partial charge in [0.15, 0.2) is 0 Å². The summed E-state index contributed by atoms with van der Waals surface area (Å²) in [5, 5.41) is 14.7. The molecule has 0 bridgehead atoms. The molecule has 0 spiro atoms. The average Bonchev–Trinajstić information content (AvgIpc) is 2.59. The van der Waals surface area contributed by atoms with E-state index in [-0.39, 0.29) is 27.6 Å². The van der Waals surface area contributed by atoms with E-state index in [0.29, 0.717) is 5.56 Å². The Kier molecular flexibility index (Phi) is 6.05. The standard InChI is InChI=1S/C16H15F2N3O5S/c1-10-7-8-12(9-14(10)21(22)23)27(24,25)20-19-11(2)13-5-3-4-6-15(13)26-16(17)18/h3-9,16,20H,1-2H3. The fourth-order valence-corrected chi connectivity index (χ4v) is 3.04. The van der Waals surface area contributed by atoms with Crippen molar-refractivity contribution in [2.45, 2.75) is 25.4 Å². The van der Waals surface area contributed by atoms with Crippen molar-refractivity contribution >= 4 is 21.4 Å². The van der Waals surface area contributed by atoms with Crippen molar-refractivity contribution < 1.29 is 26.9 Å². The molecule has 0 saturated carbocycles. The number of hydrogen-bond acceptors (Lipinski definition) is 6. The summed E-state index contributed by atoms with van der Waals surface area (Å²) < 4.78 is 54.0. The summed E-state index contributed by atoms with van der Waals surface area (Å²) >= 11 is 0. The Morgan fingerprint density at radius 2 is 1.93 bits per heavy atom. The minimum atomic E-state index is -4.20. The Morgan fingerprint density at radius 3 is 2.56 bits per heavy atom. The molecule has 0 radical (unpaired) electrons. The van der Waals surface area contributed by atoms with Crippen molar-refractivity contribution in [3.05, 3.63) is 63.7 Å². The monoisotopic (exact) mass is 399 g/mol. The summed E-state index contributed by atoms with van der Waals surface area (Å²) in [6.07, 6.45) is 0. The van der Waals surface area contributed by atoms with E-state index in [1.54, 1.807) is 6.07 Å². The molecule has 0 saturated heterocycles. The number of nitro benzene ring substituents is 1. The van der Waals surface area contributed by atoms with E-state index in [9.17, 15) is 27.3 Å². The molecule has 2 rings (SSSR count). The molecule has 0 aliphatic rings. The SMILES string of the molecule is CC(=NNS(=O)(=O)c1ccc(C)c([N+](=O)[O-])c1)c1ccccc1OC(F)F. The first-order valence-corrected chi connectivity index (χ1v) is 8.95. The van der Waals surface area contributed by atoms with E-state index in [4.69, 9.17) is 0 Å². The number of para-hydroxylation sites is 1. The van der Waals surface area contributed by atoms with Crippen LogP contribution in [0.25, 0.3) is 0 Å². The van der Waals surface area contributed by atoms with Crippen LogP contribution in [0.1, 0.15) is 18.1 Å². The van der Waals surface area contributed by atoms with Gasteiger partial charge in [-0.25, -0.2) is 0 Å². The van der Waals surface area contributed by atoms with Gasteiger partial charge in [0.2, 0.25) is 0 Å². The van der Waals surface area contributed by atoms with E-state index in [2.05, 4.69) is 9.84 Å². The van der Waals surface area contributed by atoms with Gasteiger partial charge in [-0.2, -0.15) is 27.1 Å². The second-order valence-corrected chi connectivity index (χ2v) is 7.03. The van der Waals surface area contributed by atoms with Gasteiger partial charge in [-0.05, 0) is 32.0 Å². The van der Waals surface area contributed by atoms with Gasteiger partial charge in [0.25, 0.3) is 15.7 Å². The Hall–Kier alpha value is -3.08. The molecule has 27 heavy (non-hydrogen) atoms. The molecule has 1 N–H and O–H groups in total. The van der Waals surface area contributed by atoms with Crippen molar-refractivity contribution in [1.29, 1.82) is 0 Å². The van der Waals surface area contributed by atoms with Gasteiger partial charge in [-0.3, -0.25) is 10.1 Å². The summed E-state index contributed by atoms with van der Waals surface area (Å²) in [5.41, 5.74) is 0.179. The van der Waals surface area contributed by atoms with Crippen molar-refractivity contribution in [3.8, 4) is 5.75 Å². The predicted molar refractivity (Wildman–Crippen MR) is 93.4 cm³/mol. The molecule has 0 amide bonds. The molecular formula is C16H15F2N3O5S. The van der Waals surface area contributed by atoms with Gasteiger partial charge in [-0.1, -0.05) is 18.2 Å². The number of sulfonamides is 1. The van der Waals surface area contributed by atoms with Crippen LogP contribution >= 0.6 is 0 Å². The molecule has 0 fully saturated rings. The number of halogens is 2. The maximum absolute atomic E-state index is 12.5. The van der Waals surface area contributed by atoms with Crippen molar-refractivity contribution in [2.24, 2.45) is 5.10 Å². The predicted octanol–water partition coefficient (Wildman–Crippen LogP) is 3.21. The molecule has 0 aliphatic carbocycles. The lowest BCUT2D eigenvalue weighted by Gasteiger charge is -2.10. The second kappa shape index (κ2) is 8.08. The van der Waals surface area contributed by atoms with Crippen LogP contribution < -0.4 is 9.57 Å². The molecule has 11 heteroatoms. The number of benzene rings is 2. The molecule has 0 atom stereocenters. The van der Waals surface area contributed by atoms with Crippen LogP contribution in [0.2, 0.25) is 0 Å². The minimum Gasteiger partial charge on any atom is -0.434 e. The molecule has 8 nitrogen and oxygen atoms in total. The normalized spacial score (nSPS) is 12.1. The van der Waals surface area contributed by atoms with E-state index >= 15 is 0 Å². The molecule has 2 aromatic carbocycles. The van der Waals surface area contributed by atoms with Crippen molar-refractivity contribution in [2.75, 3.05) is 0 Å². The summed E-state index contributed by atoms with van der Waals surface area (Å²) in [4.78, 5) is 11.9. The molecule has 0 unspecified atom stereocenters. The molecule has 2 aromatic rings. The first-order valence-electron chi connectivity index (χ1n) is 7.47. The smallest absolute Gasteiger partial charge is 0.387 e. The Morgan fingerprint density at radius 1 is 1.26 bits per heavy atom. The highest BCUT2D eigenvalue weighted by Crippen LogP contribution is 2.23. The first kappa shape index (κ1) is 20.2. The highest BCUT2D eigenvalue weighted by atomic mass is 32.2. The number of aryl methyl sites for hydroxylation is 1. The number of nitro groups is 1. The van der Waals surface area contributed by atoms with Gasteiger partial charge in [-0.15, -0.1) is 0 Å². The Balaban J connectivity index is 2.32. The minimum absolute atomic E-state index is 0.0661. The third-order valence-electron chi connectivity index (χ3n) is 3.51. The summed E-state index contributed by atoms with van der Waals surface area (Å²) in [5.74, 6) is -0.168. The number of ether oxygens (including phenoxy) is 1. The zero-order chi connectivity index (χ0) is 20.2. The maximum Gasteiger partial charge on any atom is 0.387 e.